The van der Waals surface area contributed by atoms with Crippen LogP contribution in [0, 0.1) is 5.41 Å². The van der Waals surface area contributed by atoms with Crippen molar-refractivity contribution in [1.82, 2.24) is 0 Å². The van der Waals surface area contributed by atoms with Crippen LogP contribution < -0.4 is 0 Å². The molecule has 1 unspecified atom stereocenters. The summed E-state index contributed by atoms with van der Waals surface area (Å²) in [6.07, 6.45) is 3.06. The van der Waals surface area contributed by atoms with E-state index in [-0.39, 0.29) is 16.3 Å². The molecule has 0 radical (unpaired) electrons. The van der Waals surface area contributed by atoms with Gasteiger partial charge in [0.15, 0.2) is 0 Å². The summed E-state index contributed by atoms with van der Waals surface area (Å²) in [7, 11) is 0. The number of ether oxygens (including phenoxy) is 1. The van der Waals surface area contributed by atoms with E-state index < -0.39 is 0 Å². The van der Waals surface area contributed by atoms with Gasteiger partial charge in [-0.15, -0.1) is 0 Å². The molecule has 0 aromatic heterocycles. The largest absolute Gasteiger partial charge is 0.475 e. The molecule has 2 atom stereocenters. The normalized spacial score (nSPS) is 22.5. The fraction of sp³-hybridized carbons (Fsp3) is 0.435. The molecule has 0 amide bonds. The molecule has 26 heavy (non-hydrogen) atoms. The van der Waals surface area contributed by atoms with Crippen LogP contribution in [0.4, 0.5) is 0 Å². The lowest BCUT2D eigenvalue weighted by Crippen LogP contribution is -2.25. The van der Waals surface area contributed by atoms with E-state index in [1.165, 1.54) is 22.3 Å². The molecular formula is C23H26BrNO. The number of hydrogen-bond donors (Lipinski definition) is 0. The molecule has 3 heteroatoms. The van der Waals surface area contributed by atoms with Crippen molar-refractivity contribution in [2.75, 3.05) is 6.61 Å². The summed E-state index contributed by atoms with van der Waals surface area (Å²) in [5.41, 5.74) is 6.65. The minimum atomic E-state index is 0.120. The number of benzene rings is 2. The summed E-state index contributed by atoms with van der Waals surface area (Å²) in [5, 5.41) is 0. The Bertz CT molecular complexity index is 832. The van der Waals surface area contributed by atoms with Gasteiger partial charge in [0.2, 0.25) is 5.90 Å². The lowest BCUT2D eigenvalue weighted by molar-refractivity contribution is 0.236. The highest BCUT2D eigenvalue weighted by atomic mass is 79.9. The number of aliphatic imine (C=N–C) groups is 1. The molecule has 0 saturated heterocycles. The highest BCUT2D eigenvalue weighted by molar-refractivity contribution is 9.09. The van der Waals surface area contributed by atoms with Crippen molar-refractivity contribution in [3.8, 4) is 0 Å². The van der Waals surface area contributed by atoms with Gasteiger partial charge in [-0.1, -0.05) is 73.1 Å². The third-order valence-electron chi connectivity index (χ3n) is 5.48. The lowest BCUT2D eigenvalue weighted by atomic mass is 9.88. The van der Waals surface area contributed by atoms with Gasteiger partial charge in [-0.05, 0) is 53.0 Å². The maximum atomic E-state index is 6.07. The van der Waals surface area contributed by atoms with Crippen molar-refractivity contribution in [3.63, 3.8) is 0 Å². The number of rotatable bonds is 1. The molecule has 4 aliphatic carbocycles. The quantitative estimate of drug-likeness (QED) is 0.555. The monoisotopic (exact) mass is 411 g/mol. The maximum absolute atomic E-state index is 6.07. The van der Waals surface area contributed by atoms with E-state index in [1.54, 1.807) is 0 Å². The van der Waals surface area contributed by atoms with Crippen molar-refractivity contribution in [3.05, 3.63) is 70.3 Å². The molecule has 0 spiro atoms. The molecule has 5 aliphatic rings. The lowest BCUT2D eigenvalue weighted by Gasteiger charge is -2.21. The van der Waals surface area contributed by atoms with Crippen molar-refractivity contribution >= 4 is 21.8 Å². The van der Waals surface area contributed by atoms with E-state index in [0.717, 1.165) is 30.7 Å². The van der Waals surface area contributed by atoms with Gasteiger partial charge in [0.1, 0.15) is 6.61 Å². The Hall–Kier alpha value is -1.61. The minimum absolute atomic E-state index is 0.120. The topological polar surface area (TPSA) is 21.6 Å². The molecule has 4 bridgehead atoms. The van der Waals surface area contributed by atoms with Crippen LogP contribution in [0.15, 0.2) is 47.5 Å². The van der Waals surface area contributed by atoms with Gasteiger partial charge < -0.3 is 4.74 Å². The van der Waals surface area contributed by atoms with Crippen molar-refractivity contribution < 1.29 is 4.74 Å². The van der Waals surface area contributed by atoms with Crippen LogP contribution in [0.3, 0.4) is 0 Å². The smallest absolute Gasteiger partial charge is 0.216 e. The molecule has 0 N–H and O–H groups in total. The second-order valence-electron chi connectivity index (χ2n) is 8.54. The Labute approximate surface area is 164 Å². The molecule has 2 nitrogen and oxygen atoms in total. The molecule has 136 valence electrons. The van der Waals surface area contributed by atoms with Crippen LogP contribution in [-0.2, 0) is 24.0 Å². The number of hydrogen-bond acceptors (Lipinski definition) is 2. The van der Waals surface area contributed by atoms with Crippen LogP contribution in [-0.4, -0.2) is 18.5 Å². The first-order valence-electron chi connectivity index (χ1n) is 9.46. The molecule has 1 aliphatic heterocycles. The highest BCUT2D eigenvalue weighted by Crippen LogP contribution is 2.34. The third kappa shape index (κ3) is 3.59. The Kier molecular flexibility index (Phi) is 4.68. The Morgan fingerprint density at radius 2 is 1.62 bits per heavy atom. The number of halogens is 1. The van der Waals surface area contributed by atoms with Crippen LogP contribution >= 0.6 is 15.9 Å². The average Bonchev–Trinajstić information content (AvgIpc) is 3.10. The van der Waals surface area contributed by atoms with Crippen LogP contribution in [0.1, 0.15) is 53.4 Å². The number of aryl methyl sites for hydroxylation is 2. The summed E-state index contributed by atoms with van der Waals surface area (Å²) < 4.78 is 6.07. The van der Waals surface area contributed by atoms with E-state index in [2.05, 4.69) is 79.2 Å². The van der Waals surface area contributed by atoms with Gasteiger partial charge in [0.25, 0.3) is 0 Å². The van der Waals surface area contributed by atoms with Crippen molar-refractivity contribution in [1.29, 1.82) is 0 Å². The summed E-state index contributed by atoms with van der Waals surface area (Å²) in [6, 6.07) is 16.1. The third-order valence-corrected chi connectivity index (χ3v) is 6.29. The van der Waals surface area contributed by atoms with Crippen molar-refractivity contribution in [2.45, 2.75) is 50.9 Å². The first kappa shape index (κ1) is 17.8. The first-order chi connectivity index (χ1) is 12.4. The summed E-state index contributed by atoms with van der Waals surface area (Å²) in [6.45, 7) is 7.37. The Morgan fingerprint density at radius 3 is 2.31 bits per heavy atom. The van der Waals surface area contributed by atoms with Crippen LogP contribution in [0.25, 0.3) is 0 Å². The number of alkyl halides is 1. The second-order valence-corrected chi connectivity index (χ2v) is 9.64. The van der Waals surface area contributed by atoms with Crippen LogP contribution in [0.2, 0.25) is 0 Å². The maximum Gasteiger partial charge on any atom is 0.216 e. The van der Waals surface area contributed by atoms with Gasteiger partial charge in [-0.2, -0.15) is 0 Å². The summed E-state index contributed by atoms with van der Waals surface area (Å²) in [4.78, 5) is 5.20. The van der Waals surface area contributed by atoms with E-state index in [9.17, 15) is 0 Å². The van der Waals surface area contributed by atoms with Gasteiger partial charge in [0, 0.05) is 10.4 Å². The molecule has 1 heterocycles. The second kappa shape index (κ2) is 6.84. The average molecular weight is 412 g/mol. The molecule has 0 saturated carbocycles. The molecule has 7 rings (SSSR count). The van der Waals surface area contributed by atoms with E-state index >= 15 is 0 Å². The van der Waals surface area contributed by atoms with Gasteiger partial charge in [-0.3, -0.25) is 0 Å². The van der Waals surface area contributed by atoms with Gasteiger partial charge in [0.05, 0.1) is 6.04 Å². The molecular weight excluding hydrogens is 386 g/mol. The fourth-order valence-electron chi connectivity index (χ4n) is 3.63. The SMILES string of the molecule is CC(C)(C)[C@H]1COC(c2cc3ccc2C(Br)Cc2ccc(cc2)CC3)=N1. The Morgan fingerprint density at radius 1 is 0.962 bits per heavy atom. The Balaban J connectivity index is 1.75. The van der Waals surface area contributed by atoms with E-state index in [4.69, 9.17) is 9.73 Å². The minimum Gasteiger partial charge on any atom is -0.475 e. The van der Waals surface area contributed by atoms with E-state index in [1.807, 2.05) is 0 Å². The predicted molar refractivity (Wildman–Crippen MR) is 111 cm³/mol. The summed E-state index contributed by atoms with van der Waals surface area (Å²) in [5.74, 6) is 0.817. The molecule has 0 fully saturated rings. The number of nitrogens with zero attached hydrogens (tertiary/aromatic N) is 1. The zero-order chi connectivity index (χ0) is 18.3. The van der Waals surface area contributed by atoms with E-state index in [0.29, 0.717) is 6.61 Å². The summed E-state index contributed by atoms with van der Waals surface area (Å²) >= 11 is 3.93. The zero-order valence-corrected chi connectivity index (χ0v) is 17.3. The highest BCUT2D eigenvalue weighted by Gasteiger charge is 2.32. The van der Waals surface area contributed by atoms with Gasteiger partial charge in [-0.25, -0.2) is 4.99 Å². The fourth-order valence-corrected chi connectivity index (χ4v) is 4.40. The first-order valence-corrected chi connectivity index (χ1v) is 10.4. The molecule has 2 aromatic carbocycles. The standard InChI is InChI=1S/C23H26BrNO/c1-23(2,3)21-14-26-22(25-21)19-12-16-7-4-15-5-8-17(9-6-15)13-20(24)18(19)11-10-16/h5-6,8-12,20-21H,4,7,13-14H2,1-3H3/t20?,21-/m1/s1. The zero-order valence-electron chi connectivity index (χ0n) is 15.8. The molecule has 2 aromatic rings. The van der Waals surface area contributed by atoms with Crippen molar-refractivity contribution in [2.24, 2.45) is 10.4 Å². The van der Waals surface area contributed by atoms with Crippen LogP contribution in [0.5, 0.6) is 0 Å². The van der Waals surface area contributed by atoms with Gasteiger partial charge >= 0.3 is 0 Å². The predicted octanol–water partition coefficient (Wildman–Crippen LogP) is 5.66.